The second-order valence-corrected chi connectivity index (χ2v) is 6.56. The van der Waals surface area contributed by atoms with Crippen LogP contribution in [0.2, 0.25) is 0 Å². The summed E-state index contributed by atoms with van der Waals surface area (Å²) in [5.41, 5.74) is 8.56. The minimum absolute atomic E-state index is 0.175. The summed E-state index contributed by atoms with van der Waals surface area (Å²) in [7, 11) is 0. The second-order valence-electron chi connectivity index (χ2n) is 6.56. The first kappa shape index (κ1) is 16.0. The molecule has 1 saturated heterocycles. The number of hydrogen-bond donors (Lipinski definition) is 1. The van der Waals surface area contributed by atoms with Crippen LogP contribution in [-0.4, -0.2) is 29.9 Å². The Labute approximate surface area is 128 Å². The Hall–Kier alpha value is -1.35. The van der Waals surface area contributed by atoms with Gasteiger partial charge in [-0.1, -0.05) is 31.2 Å². The van der Waals surface area contributed by atoms with Crippen LogP contribution < -0.4 is 5.73 Å². The number of piperidine rings is 1. The van der Waals surface area contributed by atoms with E-state index in [4.69, 9.17) is 5.73 Å². The Bertz CT molecular complexity index is 484. The van der Waals surface area contributed by atoms with Crippen molar-refractivity contribution in [3.8, 4) is 0 Å². The number of benzene rings is 1. The van der Waals surface area contributed by atoms with E-state index in [2.05, 4.69) is 39.0 Å². The largest absolute Gasteiger partial charge is 0.342 e. The van der Waals surface area contributed by atoms with Gasteiger partial charge >= 0.3 is 0 Å². The minimum Gasteiger partial charge on any atom is -0.342 e. The molecule has 0 aliphatic carbocycles. The Kier molecular flexibility index (Phi) is 5.40. The average Bonchev–Trinajstić information content (AvgIpc) is 2.47. The van der Waals surface area contributed by atoms with Gasteiger partial charge in [-0.3, -0.25) is 4.79 Å². The van der Waals surface area contributed by atoms with Gasteiger partial charge in [0.15, 0.2) is 0 Å². The molecule has 1 aromatic carbocycles. The molecule has 3 unspecified atom stereocenters. The summed E-state index contributed by atoms with van der Waals surface area (Å²) in [5.74, 6) is 1.00. The van der Waals surface area contributed by atoms with Crippen molar-refractivity contribution in [2.24, 2.45) is 11.7 Å². The lowest BCUT2D eigenvalue weighted by Gasteiger charge is -2.35. The van der Waals surface area contributed by atoms with Gasteiger partial charge in [-0.05, 0) is 49.7 Å². The van der Waals surface area contributed by atoms with E-state index in [1.165, 1.54) is 11.1 Å². The van der Waals surface area contributed by atoms with E-state index in [-0.39, 0.29) is 17.9 Å². The van der Waals surface area contributed by atoms with E-state index in [0.717, 1.165) is 25.9 Å². The smallest absolute Gasteiger partial charge is 0.223 e. The van der Waals surface area contributed by atoms with Crippen molar-refractivity contribution >= 4 is 5.91 Å². The Morgan fingerprint density at radius 2 is 2.10 bits per heavy atom. The standard InChI is InChI=1S/C18H28N2O/c1-13-7-4-5-9-17(13)14(2)11-18(21)20-10-6-8-16(12-20)15(3)19/h4-5,7,9,14-16H,6,8,10-12,19H2,1-3H3. The first-order valence-corrected chi connectivity index (χ1v) is 8.08. The molecule has 2 rings (SSSR count). The molecule has 1 amide bonds. The van der Waals surface area contributed by atoms with Gasteiger partial charge < -0.3 is 10.6 Å². The molecule has 1 aliphatic rings. The maximum absolute atomic E-state index is 12.5. The summed E-state index contributed by atoms with van der Waals surface area (Å²) >= 11 is 0. The number of nitrogens with zero attached hydrogens (tertiary/aromatic N) is 1. The van der Waals surface area contributed by atoms with E-state index in [0.29, 0.717) is 12.3 Å². The van der Waals surface area contributed by atoms with Crippen LogP contribution in [0.3, 0.4) is 0 Å². The monoisotopic (exact) mass is 288 g/mol. The second kappa shape index (κ2) is 7.08. The Balaban J connectivity index is 1.96. The summed E-state index contributed by atoms with van der Waals surface area (Å²) in [5, 5.41) is 0. The van der Waals surface area contributed by atoms with Gasteiger partial charge in [-0.2, -0.15) is 0 Å². The van der Waals surface area contributed by atoms with Crippen LogP contribution in [0.1, 0.15) is 50.2 Å². The van der Waals surface area contributed by atoms with Gasteiger partial charge in [0.05, 0.1) is 0 Å². The first-order valence-electron chi connectivity index (χ1n) is 8.08. The summed E-state index contributed by atoms with van der Waals surface area (Å²) in [6.07, 6.45) is 2.82. The van der Waals surface area contributed by atoms with Crippen LogP contribution in [0.15, 0.2) is 24.3 Å². The Morgan fingerprint density at radius 3 is 2.76 bits per heavy atom. The fourth-order valence-electron chi connectivity index (χ4n) is 3.31. The average molecular weight is 288 g/mol. The molecule has 3 heteroatoms. The fourth-order valence-corrected chi connectivity index (χ4v) is 3.31. The lowest BCUT2D eigenvalue weighted by molar-refractivity contribution is -0.133. The highest BCUT2D eigenvalue weighted by molar-refractivity contribution is 5.77. The molecule has 3 nitrogen and oxygen atoms in total. The molecular formula is C18H28N2O. The molecule has 1 aromatic rings. The molecule has 0 spiro atoms. The van der Waals surface area contributed by atoms with Crippen molar-refractivity contribution in [3.63, 3.8) is 0 Å². The molecule has 0 bridgehead atoms. The van der Waals surface area contributed by atoms with Gasteiger partial charge in [0.25, 0.3) is 0 Å². The zero-order chi connectivity index (χ0) is 15.4. The van der Waals surface area contributed by atoms with Crippen LogP contribution in [0, 0.1) is 12.8 Å². The van der Waals surface area contributed by atoms with Crippen molar-refractivity contribution in [1.29, 1.82) is 0 Å². The van der Waals surface area contributed by atoms with Gasteiger partial charge in [0.1, 0.15) is 0 Å². The summed E-state index contributed by atoms with van der Waals surface area (Å²) in [6, 6.07) is 8.52. The highest BCUT2D eigenvalue weighted by Gasteiger charge is 2.26. The quantitative estimate of drug-likeness (QED) is 0.925. The van der Waals surface area contributed by atoms with Crippen LogP contribution in [0.4, 0.5) is 0 Å². The summed E-state index contributed by atoms with van der Waals surface area (Å²) in [4.78, 5) is 14.6. The Morgan fingerprint density at radius 1 is 1.38 bits per heavy atom. The molecule has 0 radical (unpaired) electrons. The third kappa shape index (κ3) is 4.07. The number of rotatable bonds is 4. The third-order valence-electron chi connectivity index (χ3n) is 4.75. The summed E-state index contributed by atoms with van der Waals surface area (Å²) < 4.78 is 0. The van der Waals surface area contributed by atoms with E-state index < -0.39 is 0 Å². The topological polar surface area (TPSA) is 46.3 Å². The van der Waals surface area contributed by atoms with Crippen LogP contribution >= 0.6 is 0 Å². The van der Waals surface area contributed by atoms with E-state index in [1.54, 1.807) is 0 Å². The van der Waals surface area contributed by atoms with Crippen molar-refractivity contribution < 1.29 is 4.79 Å². The van der Waals surface area contributed by atoms with E-state index >= 15 is 0 Å². The third-order valence-corrected chi connectivity index (χ3v) is 4.75. The molecule has 0 saturated carbocycles. The molecule has 116 valence electrons. The van der Waals surface area contributed by atoms with E-state index in [9.17, 15) is 4.79 Å². The highest BCUT2D eigenvalue weighted by Crippen LogP contribution is 2.25. The number of nitrogens with two attached hydrogens (primary N) is 1. The number of aryl methyl sites for hydroxylation is 1. The van der Waals surface area contributed by atoms with Gasteiger partial charge in [0.2, 0.25) is 5.91 Å². The van der Waals surface area contributed by atoms with Crippen LogP contribution in [0.25, 0.3) is 0 Å². The van der Waals surface area contributed by atoms with Crippen molar-refractivity contribution in [3.05, 3.63) is 35.4 Å². The maximum Gasteiger partial charge on any atom is 0.223 e. The lowest BCUT2D eigenvalue weighted by Crippen LogP contribution is -2.45. The first-order chi connectivity index (χ1) is 9.99. The number of likely N-dealkylation sites (tertiary alicyclic amines) is 1. The maximum atomic E-state index is 12.5. The zero-order valence-corrected chi connectivity index (χ0v) is 13.5. The molecule has 0 aromatic heterocycles. The van der Waals surface area contributed by atoms with Gasteiger partial charge in [-0.25, -0.2) is 0 Å². The number of hydrogen-bond acceptors (Lipinski definition) is 2. The van der Waals surface area contributed by atoms with Crippen LogP contribution in [-0.2, 0) is 4.79 Å². The SMILES string of the molecule is Cc1ccccc1C(C)CC(=O)N1CCCC(C(C)N)C1. The summed E-state index contributed by atoms with van der Waals surface area (Å²) in [6.45, 7) is 8.03. The lowest BCUT2D eigenvalue weighted by atomic mass is 9.90. The van der Waals surface area contributed by atoms with Crippen molar-refractivity contribution in [2.45, 2.75) is 52.0 Å². The van der Waals surface area contributed by atoms with Crippen LogP contribution in [0.5, 0.6) is 0 Å². The molecule has 2 N–H and O–H groups in total. The number of carbonyl (C=O) groups is 1. The minimum atomic E-state index is 0.175. The highest BCUT2D eigenvalue weighted by atomic mass is 16.2. The van der Waals surface area contributed by atoms with Gasteiger partial charge in [0, 0.05) is 25.6 Å². The number of amides is 1. The fraction of sp³-hybridized carbons (Fsp3) is 0.611. The molecule has 1 fully saturated rings. The predicted octanol–water partition coefficient (Wildman–Crippen LogP) is 3.07. The van der Waals surface area contributed by atoms with E-state index in [1.807, 2.05) is 11.0 Å². The van der Waals surface area contributed by atoms with Crippen molar-refractivity contribution in [1.82, 2.24) is 4.90 Å². The number of carbonyl (C=O) groups excluding carboxylic acids is 1. The normalized spacial score (nSPS) is 21.9. The van der Waals surface area contributed by atoms with Crippen molar-refractivity contribution in [2.75, 3.05) is 13.1 Å². The molecule has 3 atom stereocenters. The van der Waals surface area contributed by atoms with Gasteiger partial charge in [-0.15, -0.1) is 0 Å². The molecule has 1 heterocycles. The molecule has 1 aliphatic heterocycles. The zero-order valence-electron chi connectivity index (χ0n) is 13.5. The predicted molar refractivity (Wildman–Crippen MR) is 87.2 cm³/mol. The molecular weight excluding hydrogens is 260 g/mol. The molecule has 21 heavy (non-hydrogen) atoms.